The Bertz CT molecular complexity index is 1330. The molecule has 5 rings (SSSR count). The first-order valence-electron chi connectivity index (χ1n) is 13.7. The molecule has 4 heterocycles. The summed E-state index contributed by atoms with van der Waals surface area (Å²) in [5.74, 6) is 1.34. The maximum Gasteiger partial charge on any atom is 0.319 e. The molecule has 2 aromatic rings. The van der Waals surface area contributed by atoms with Crippen LogP contribution < -0.4 is 25.8 Å². The summed E-state index contributed by atoms with van der Waals surface area (Å²) in [6.07, 6.45) is 9.04. The van der Waals surface area contributed by atoms with E-state index in [-0.39, 0.29) is 18.0 Å². The van der Waals surface area contributed by atoms with E-state index in [1.165, 1.54) is 0 Å². The summed E-state index contributed by atoms with van der Waals surface area (Å²) in [7, 11) is 0. The minimum Gasteiger partial charge on any atom is -0.378 e. The van der Waals surface area contributed by atoms with Crippen molar-refractivity contribution in [3.8, 4) is 0 Å². The standard InChI is InChI=1S/C29H36N8O3/c1-4-22(5-2)32-29(39)34-23-7-6-8-25(20(23)3)37-18-24(27-30-11-12-36(27)19-37)33-26-10-9-21(17-31-26)28(38)35-13-15-40-16-14-35/h6-12,17-18,22H,4-5,13-16,19H2,1-3H3,(H,31,33)(H2,32,34,39)/q+1. The summed E-state index contributed by atoms with van der Waals surface area (Å²) < 4.78 is 5.35. The number of carbonyl (C=O) groups is 2. The molecule has 1 fully saturated rings. The third-order valence-electron chi connectivity index (χ3n) is 7.30. The van der Waals surface area contributed by atoms with Crippen LogP contribution in [0.3, 0.4) is 0 Å². The van der Waals surface area contributed by atoms with Gasteiger partial charge in [0.05, 0.1) is 30.7 Å². The number of amides is 3. The van der Waals surface area contributed by atoms with Crippen molar-refractivity contribution in [3.05, 3.63) is 72.0 Å². The highest BCUT2D eigenvalue weighted by Gasteiger charge is 2.36. The van der Waals surface area contributed by atoms with E-state index in [9.17, 15) is 9.59 Å². The predicted molar refractivity (Wildman–Crippen MR) is 156 cm³/mol. The monoisotopic (exact) mass is 544 g/mol. The number of nitrogens with zero attached hydrogens (tertiary/aromatic N) is 5. The lowest BCUT2D eigenvalue weighted by atomic mass is 10.1. The minimum absolute atomic E-state index is 0.0430. The third kappa shape index (κ3) is 6.00. The van der Waals surface area contributed by atoms with E-state index in [4.69, 9.17) is 4.74 Å². The highest BCUT2D eigenvalue weighted by atomic mass is 16.5. The first kappa shape index (κ1) is 27.4. The zero-order chi connectivity index (χ0) is 28.1. The highest BCUT2D eigenvalue weighted by molar-refractivity contribution is 6.06. The number of anilines is 3. The van der Waals surface area contributed by atoms with Gasteiger partial charge in [-0.05, 0) is 49.6 Å². The average molecular weight is 545 g/mol. The SMILES string of the molecule is CCC(CC)NC(=O)Nc1cccc(N2C=C(Nc3ccc(C(=O)N4CCOCC4)cn3)C3=NC=C[N+]3C2)c1C. The number of morpholine rings is 1. The van der Waals surface area contributed by atoms with Crippen LogP contribution in [-0.4, -0.2) is 66.7 Å². The molecule has 0 aliphatic carbocycles. The second kappa shape index (κ2) is 12.3. The number of ether oxygens (including phenoxy) is 1. The third-order valence-corrected chi connectivity index (χ3v) is 7.30. The van der Waals surface area contributed by atoms with Crippen LogP contribution in [-0.2, 0) is 4.74 Å². The summed E-state index contributed by atoms with van der Waals surface area (Å²) in [5, 5.41) is 9.41. The summed E-state index contributed by atoms with van der Waals surface area (Å²) in [5.41, 5.74) is 3.97. The van der Waals surface area contributed by atoms with Crippen molar-refractivity contribution in [3.63, 3.8) is 0 Å². The molecule has 1 radical (unpaired) electrons. The van der Waals surface area contributed by atoms with Crippen LogP contribution in [0.25, 0.3) is 0 Å². The van der Waals surface area contributed by atoms with Crippen LogP contribution in [0, 0.1) is 6.92 Å². The number of rotatable bonds is 8. The van der Waals surface area contributed by atoms with E-state index in [0.717, 1.165) is 41.3 Å². The van der Waals surface area contributed by atoms with Gasteiger partial charge in [0.25, 0.3) is 5.91 Å². The fraction of sp³-hybridized carbons (Fsp3) is 0.379. The number of hydrogen-bond acceptors (Lipinski definition) is 8. The lowest BCUT2D eigenvalue weighted by Crippen LogP contribution is -2.46. The zero-order valence-electron chi connectivity index (χ0n) is 23.2. The number of carbonyl (C=O) groups excluding carboxylic acids is 2. The number of aromatic nitrogens is 1. The van der Waals surface area contributed by atoms with E-state index >= 15 is 0 Å². The molecule has 0 spiro atoms. The van der Waals surface area contributed by atoms with Crippen molar-refractivity contribution in [1.82, 2.24) is 20.1 Å². The van der Waals surface area contributed by atoms with Crippen LogP contribution >= 0.6 is 0 Å². The Morgan fingerprint density at radius 2 is 1.93 bits per heavy atom. The van der Waals surface area contributed by atoms with Gasteiger partial charge >= 0.3 is 11.9 Å². The molecule has 1 aromatic carbocycles. The molecular formula is C29H36N8O3+. The normalized spacial score (nSPS) is 16.9. The quantitative estimate of drug-likeness (QED) is 0.434. The van der Waals surface area contributed by atoms with Gasteiger partial charge in [-0.15, -0.1) is 0 Å². The van der Waals surface area contributed by atoms with E-state index < -0.39 is 0 Å². The molecule has 40 heavy (non-hydrogen) atoms. The summed E-state index contributed by atoms with van der Waals surface area (Å²) in [6.45, 7) is 8.97. The molecule has 1 saturated heterocycles. The molecule has 0 atom stereocenters. The Hall–Kier alpha value is -4.22. The fourth-order valence-corrected chi connectivity index (χ4v) is 4.91. The summed E-state index contributed by atoms with van der Waals surface area (Å²) in [6, 6.07) is 9.39. The molecule has 3 aliphatic heterocycles. The molecule has 3 amide bonds. The van der Waals surface area contributed by atoms with Crippen molar-refractivity contribution in [1.29, 1.82) is 0 Å². The first-order valence-corrected chi connectivity index (χ1v) is 13.7. The minimum atomic E-state index is -0.205. The lowest BCUT2D eigenvalue weighted by molar-refractivity contribution is 0.0302. The zero-order valence-corrected chi connectivity index (χ0v) is 23.2. The molecule has 11 heteroatoms. The van der Waals surface area contributed by atoms with Gasteiger partial charge in [-0.3, -0.25) is 9.69 Å². The van der Waals surface area contributed by atoms with Crippen LogP contribution in [0.1, 0.15) is 42.6 Å². The molecule has 0 bridgehead atoms. The number of hydrogen-bond donors (Lipinski definition) is 3. The number of benzene rings is 1. The van der Waals surface area contributed by atoms with Gasteiger partial charge in [-0.25, -0.2) is 9.78 Å². The van der Waals surface area contributed by atoms with Crippen molar-refractivity contribution >= 4 is 35.0 Å². The van der Waals surface area contributed by atoms with Crippen molar-refractivity contribution in [2.24, 2.45) is 4.99 Å². The molecule has 0 unspecified atom stereocenters. The Morgan fingerprint density at radius 3 is 2.65 bits per heavy atom. The van der Waals surface area contributed by atoms with Crippen LogP contribution in [0.5, 0.6) is 0 Å². The van der Waals surface area contributed by atoms with Crippen molar-refractivity contribution in [2.45, 2.75) is 39.7 Å². The van der Waals surface area contributed by atoms with Gasteiger partial charge in [-0.2, -0.15) is 4.99 Å². The maximum absolute atomic E-state index is 12.8. The Labute approximate surface area is 234 Å². The molecule has 11 nitrogen and oxygen atoms in total. The number of nitrogens with one attached hydrogen (secondary N) is 3. The van der Waals surface area contributed by atoms with Crippen LogP contribution in [0.15, 0.2) is 65.8 Å². The maximum atomic E-state index is 12.8. The molecule has 3 aliphatic rings. The largest absolute Gasteiger partial charge is 0.378 e. The number of pyridine rings is 1. The summed E-state index contributed by atoms with van der Waals surface area (Å²) in [4.78, 5) is 40.4. The van der Waals surface area contributed by atoms with Gasteiger partial charge in [0, 0.05) is 37.2 Å². The van der Waals surface area contributed by atoms with Crippen molar-refractivity contribution < 1.29 is 14.3 Å². The Balaban J connectivity index is 1.33. The van der Waals surface area contributed by atoms with E-state index in [1.54, 1.807) is 29.4 Å². The van der Waals surface area contributed by atoms with Crippen LogP contribution in [0.2, 0.25) is 0 Å². The molecular weight excluding hydrogens is 508 g/mol. The van der Waals surface area contributed by atoms with Gasteiger partial charge in [0.2, 0.25) is 6.67 Å². The van der Waals surface area contributed by atoms with Gasteiger partial charge in [-0.1, -0.05) is 24.8 Å². The van der Waals surface area contributed by atoms with E-state index in [0.29, 0.717) is 44.4 Å². The molecule has 0 saturated carbocycles. The first-order chi connectivity index (χ1) is 19.5. The molecule has 209 valence electrons. The molecule has 3 N–H and O–H groups in total. The summed E-state index contributed by atoms with van der Waals surface area (Å²) >= 11 is 0. The van der Waals surface area contributed by atoms with E-state index in [2.05, 4.69) is 44.7 Å². The predicted octanol–water partition coefficient (Wildman–Crippen LogP) is 3.93. The number of aliphatic imine (C=N–C) groups is 1. The number of urea groups is 1. The number of amidine groups is 1. The van der Waals surface area contributed by atoms with Gasteiger partial charge in [0.15, 0.2) is 6.20 Å². The second-order valence-corrected chi connectivity index (χ2v) is 9.90. The van der Waals surface area contributed by atoms with Gasteiger partial charge < -0.3 is 25.6 Å². The average Bonchev–Trinajstić information content (AvgIpc) is 3.47. The van der Waals surface area contributed by atoms with Crippen LogP contribution in [0.4, 0.5) is 22.0 Å². The van der Waals surface area contributed by atoms with E-state index in [1.807, 2.05) is 42.4 Å². The molecule has 1 aromatic heterocycles. The van der Waals surface area contributed by atoms with Crippen molar-refractivity contribution in [2.75, 3.05) is 48.5 Å². The fourth-order valence-electron chi connectivity index (χ4n) is 4.91. The van der Waals surface area contributed by atoms with Gasteiger partial charge in [0.1, 0.15) is 11.5 Å². The topological polar surface area (TPSA) is 117 Å². The second-order valence-electron chi connectivity index (χ2n) is 9.90. The Morgan fingerprint density at radius 1 is 1.12 bits per heavy atom. The highest BCUT2D eigenvalue weighted by Crippen LogP contribution is 2.30. The smallest absolute Gasteiger partial charge is 0.319 e. The Kier molecular flexibility index (Phi) is 8.42. The lowest BCUT2D eigenvalue weighted by Gasteiger charge is -2.28. The number of fused-ring (bicyclic) bond motifs is 1.